The van der Waals surface area contributed by atoms with Crippen LogP contribution in [0.1, 0.15) is 52.4 Å². The summed E-state index contributed by atoms with van der Waals surface area (Å²) in [5, 5.41) is 0. The monoisotopic (exact) mass is 254 g/mol. The minimum absolute atomic E-state index is 0.0251. The first-order chi connectivity index (χ1) is 8.58. The van der Waals surface area contributed by atoms with Crippen LogP contribution in [-0.2, 0) is 14.3 Å². The molecular formula is C15H26O3. The van der Waals surface area contributed by atoms with Crippen LogP contribution >= 0.6 is 0 Å². The van der Waals surface area contributed by atoms with Crippen LogP contribution in [0, 0.1) is 5.92 Å². The van der Waals surface area contributed by atoms with E-state index in [0.29, 0.717) is 17.6 Å². The molecule has 18 heavy (non-hydrogen) atoms. The van der Waals surface area contributed by atoms with Gasteiger partial charge in [0, 0.05) is 12.7 Å². The van der Waals surface area contributed by atoms with Gasteiger partial charge in [-0.3, -0.25) is 0 Å². The second-order valence-electron chi connectivity index (χ2n) is 5.30. The van der Waals surface area contributed by atoms with Crippen LogP contribution in [0.3, 0.4) is 0 Å². The summed E-state index contributed by atoms with van der Waals surface area (Å²) in [5.41, 5.74) is 0.482. The maximum absolute atomic E-state index is 11.7. The Morgan fingerprint density at radius 3 is 2.72 bits per heavy atom. The molecule has 0 spiro atoms. The number of carbonyl (C=O) groups excluding carboxylic acids is 1. The minimum Gasteiger partial charge on any atom is -0.459 e. The van der Waals surface area contributed by atoms with Crippen LogP contribution in [0.5, 0.6) is 0 Å². The molecule has 0 aliphatic heterocycles. The van der Waals surface area contributed by atoms with Gasteiger partial charge in [0.1, 0.15) is 6.10 Å². The third-order valence-corrected chi connectivity index (χ3v) is 3.71. The van der Waals surface area contributed by atoms with Crippen LogP contribution in [-0.4, -0.2) is 25.3 Å². The van der Waals surface area contributed by atoms with Gasteiger partial charge in [-0.2, -0.15) is 0 Å². The number of ether oxygens (including phenoxy) is 2. The average Bonchev–Trinajstić information content (AvgIpc) is 2.38. The Bertz CT molecular complexity index is 285. The van der Waals surface area contributed by atoms with Crippen molar-refractivity contribution in [2.24, 2.45) is 5.92 Å². The topological polar surface area (TPSA) is 35.5 Å². The van der Waals surface area contributed by atoms with Crippen molar-refractivity contribution in [3.05, 3.63) is 12.2 Å². The molecule has 0 radical (unpaired) electrons. The van der Waals surface area contributed by atoms with E-state index in [9.17, 15) is 4.79 Å². The van der Waals surface area contributed by atoms with E-state index in [4.69, 9.17) is 9.47 Å². The lowest BCUT2D eigenvalue weighted by molar-refractivity contribution is -0.149. The Labute approximate surface area is 111 Å². The summed E-state index contributed by atoms with van der Waals surface area (Å²) in [4.78, 5) is 11.7. The van der Waals surface area contributed by atoms with Crippen molar-refractivity contribution < 1.29 is 14.3 Å². The smallest absolute Gasteiger partial charge is 0.333 e. The molecule has 0 N–H and O–H groups in total. The molecule has 1 rings (SSSR count). The second-order valence-corrected chi connectivity index (χ2v) is 5.30. The Morgan fingerprint density at radius 2 is 2.17 bits per heavy atom. The SMILES string of the molecule is C=C(C)C(=O)OC(CCC)C1CCCC(OC)C1. The Balaban J connectivity index is 2.59. The molecule has 1 saturated carbocycles. The van der Waals surface area contributed by atoms with Crippen LogP contribution in [0.4, 0.5) is 0 Å². The maximum atomic E-state index is 11.7. The van der Waals surface area contributed by atoms with Crippen molar-refractivity contribution in [3.8, 4) is 0 Å². The van der Waals surface area contributed by atoms with Gasteiger partial charge in [-0.05, 0) is 38.5 Å². The zero-order valence-electron chi connectivity index (χ0n) is 11.9. The first-order valence-corrected chi connectivity index (χ1v) is 6.97. The van der Waals surface area contributed by atoms with Gasteiger partial charge in [0.15, 0.2) is 0 Å². The Hall–Kier alpha value is -0.830. The normalized spacial score (nSPS) is 25.5. The third kappa shape index (κ3) is 4.45. The maximum Gasteiger partial charge on any atom is 0.333 e. The standard InChI is InChI=1S/C15H26O3/c1-5-7-14(18-15(16)11(2)3)12-8-6-9-13(10-12)17-4/h12-14H,2,5-10H2,1,3-4H3. The van der Waals surface area contributed by atoms with Crippen LogP contribution in [0.25, 0.3) is 0 Å². The van der Waals surface area contributed by atoms with Crippen molar-refractivity contribution in [2.45, 2.75) is 64.6 Å². The van der Waals surface area contributed by atoms with Crippen molar-refractivity contribution in [1.82, 2.24) is 0 Å². The summed E-state index contributed by atoms with van der Waals surface area (Å²) in [6.07, 6.45) is 6.73. The van der Waals surface area contributed by atoms with Gasteiger partial charge in [0.05, 0.1) is 6.10 Å². The first-order valence-electron chi connectivity index (χ1n) is 6.97. The summed E-state index contributed by atoms with van der Waals surface area (Å²) < 4.78 is 11.0. The predicted molar refractivity (Wildman–Crippen MR) is 72.4 cm³/mol. The van der Waals surface area contributed by atoms with Crippen molar-refractivity contribution in [1.29, 1.82) is 0 Å². The molecule has 0 aromatic heterocycles. The van der Waals surface area contributed by atoms with E-state index >= 15 is 0 Å². The highest BCUT2D eigenvalue weighted by atomic mass is 16.5. The van der Waals surface area contributed by atoms with Gasteiger partial charge in [-0.15, -0.1) is 0 Å². The molecule has 1 aliphatic carbocycles. The fourth-order valence-corrected chi connectivity index (χ4v) is 2.65. The Morgan fingerprint density at radius 1 is 1.44 bits per heavy atom. The van der Waals surface area contributed by atoms with E-state index in [1.54, 1.807) is 14.0 Å². The van der Waals surface area contributed by atoms with Gasteiger partial charge in [-0.25, -0.2) is 4.79 Å². The molecule has 1 aliphatic rings. The fourth-order valence-electron chi connectivity index (χ4n) is 2.65. The van der Waals surface area contributed by atoms with E-state index in [2.05, 4.69) is 13.5 Å². The molecule has 0 aromatic rings. The van der Waals surface area contributed by atoms with Gasteiger partial charge in [0.2, 0.25) is 0 Å². The minimum atomic E-state index is -0.256. The van der Waals surface area contributed by atoms with Crippen LogP contribution in [0.2, 0.25) is 0 Å². The highest BCUT2D eigenvalue weighted by Gasteiger charge is 2.30. The molecule has 0 bridgehead atoms. The molecule has 3 nitrogen and oxygen atoms in total. The lowest BCUT2D eigenvalue weighted by Gasteiger charge is -2.33. The van der Waals surface area contributed by atoms with Gasteiger partial charge >= 0.3 is 5.97 Å². The van der Waals surface area contributed by atoms with E-state index in [-0.39, 0.29) is 12.1 Å². The highest BCUT2D eigenvalue weighted by molar-refractivity contribution is 5.87. The zero-order chi connectivity index (χ0) is 13.5. The zero-order valence-corrected chi connectivity index (χ0v) is 11.9. The van der Waals surface area contributed by atoms with Crippen molar-refractivity contribution in [3.63, 3.8) is 0 Å². The van der Waals surface area contributed by atoms with E-state index in [1.807, 2.05) is 0 Å². The van der Waals surface area contributed by atoms with Gasteiger partial charge in [0.25, 0.3) is 0 Å². The molecule has 0 saturated heterocycles. The van der Waals surface area contributed by atoms with Crippen molar-refractivity contribution >= 4 is 5.97 Å². The molecule has 0 aromatic carbocycles. The summed E-state index contributed by atoms with van der Waals surface area (Å²) in [7, 11) is 1.77. The molecular weight excluding hydrogens is 228 g/mol. The number of hydrogen-bond acceptors (Lipinski definition) is 3. The summed E-state index contributed by atoms with van der Waals surface area (Å²) in [6, 6.07) is 0. The number of methoxy groups -OCH3 is 1. The lowest BCUT2D eigenvalue weighted by Crippen LogP contribution is -2.33. The number of carbonyl (C=O) groups is 1. The summed E-state index contributed by atoms with van der Waals surface area (Å²) in [5.74, 6) is 0.181. The molecule has 3 atom stereocenters. The molecule has 0 amide bonds. The summed E-state index contributed by atoms with van der Waals surface area (Å²) >= 11 is 0. The second kappa shape index (κ2) is 7.57. The van der Waals surface area contributed by atoms with E-state index < -0.39 is 0 Å². The number of rotatable bonds is 6. The summed E-state index contributed by atoms with van der Waals surface area (Å²) in [6.45, 7) is 7.47. The van der Waals surface area contributed by atoms with E-state index in [0.717, 1.165) is 38.5 Å². The highest BCUT2D eigenvalue weighted by Crippen LogP contribution is 2.31. The van der Waals surface area contributed by atoms with Crippen LogP contribution < -0.4 is 0 Å². The van der Waals surface area contributed by atoms with E-state index in [1.165, 1.54) is 0 Å². The predicted octanol–water partition coefficient (Wildman–Crippen LogP) is 3.48. The quantitative estimate of drug-likeness (QED) is 0.538. The van der Waals surface area contributed by atoms with Gasteiger partial charge < -0.3 is 9.47 Å². The fraction of sp³-hybridized carbons (Fsp3) is 0.800. The number of hydrogen-bond donors (Lipinski definition) is 0. The molecule has 104 valence electrons. The third-order valence-electron chi connectivity index (χ3n) is 3.71. The lowest BCUT2D eigenvalue weighted by atomic mass is 9.82. The Kier molecular flexibility index (Phi) is 6.41. The molecule has 3 unspecified atom stereocenters. The molecule has 1 fully saturated rings. The van der Waals surface area contributed by atoms with Crippen molar-refractivity contribution in [2.75, 3.05) is 7.11 Å². The molecule has 0 heterocycles. The number of esters is 1. The van der Waals surface area contributed by atoms with Crippen LogP contribution in [0.15, 0.2) is 12.2 Å². The molecule has 3 heteroatoms. The largest absolute Gasteiger partial charge is 0.459 e. The average molecular weight is 254 g/mol. The van der Waals surface area contributed by atoms with Gasteiger partial charge in [-0.1, -0.05) is 26.3 Å². The first kappa shape index (κ1) is 15.2.